The van der Waals surface area contributed by atoms with Crippen molar-refractivity contribution >= 4 is 33.2 Å². The molecule has 0 aliphatic heterocycles. The molecule has 1 heterocycles. The third kappa shape index (κ3) is 3.22. The summed E-state index contributed by atoms with van der Waals surface area (Å²) >= 11 is 4.94. The van der Waals surface area contributed by atoms with Gasteiger partial charge >= 0.3 is 0 Å². The van der Waals surface area contributed by atoms with E-state index in [1.165, 1.54) is 11.0 Å². The highest BCUT2D eigenvalue weighted by Gasteiger charge is 2.17. The molecule has 100 valence electrons. The van der Waals surface area contributed by atoms with E-state index in [0.29, 0.717) is 12.1 Å². The minimum absolute atomic E-state index is 0.123. The lowest BCUT2D eigenvalue weighted by Crippen LogP contribution is -2.26. The van der Waals surface area contributed by atoms with E-state index >= 15 is 0 Å². The van der Waals surface area contributed by atoms with Crippen LogP contribution in [0.2, 0.25) is 0 Å². The molecule has 1 amide bonds. The van der Waals surface area contributed by atoms with Crippen molar-refractivity contribution in [3.8, 4) is 0 Å². The van der Waals surface area contributed by atoms with Crippen molar-refractivity contribution in [2.75, 3.05) is 7.05 Å². The van der Waals surface area contributed by atoms with Crippen molar-refractivity contribution in [1.82, 2.24) is 4.90 Å². The maximum atomic E-state index is 13.9. The van der Waals surface area contributed by atoms with Gasteiger partial charge in [-0.15, -0.1) is 11.3 Å². The normalized spacial score (nSPS) is 10.5. The van der Waals surface area contributed by atoms with Gasteiger partial charge in [-0.25, -0.2) is 4.39 Å². The first kappa shape index (κ1) is 14.2. The second-order valence-corrected chi connectivity index (χ2v) is 6.24. The molecule has 0 saturated heterocycles. The van der Waals surface area contributed by atoms with Gasteiger partial charge in [0.15, 0.2) is 0 Å². The predicted octanol–water partition coefficient (Wildman–Crippen LogP) is 4.23. The van der Waals surface area contributed by atoms with E-state index in [2.05, 4.69) is 15.9 Å². The molecule has 0 unspecified atom stereocenters. The average Bonchev–Trinajstić information content (AvgIpc) is 2.77. The van der Waals surface area contributed by atoms with Gasteiger partial charge in [-0.05, 0) is 40.5 Å². The van der Waals surface area contributed by atoms with Gasteiger partial charge in [-0.1, -0.05) is 12.1 Å². The zero-order chi connectivity index (χ0) is 14.0. The molecule has 2 nitrogen and oxygen atoms in total. The molecule has 0 radical (unpaired) electrons. The highest BCUT2D eigenvalue weighted by molar-refractivity contribution is 9.10. The zero-order valence-corrected chi connectivity index (χ0v) is 13.0. The number of benzene rings is 1. The Morgan fingerprint density at radius 3 is 2.84 bits per heavy atom. The number of halogens is 2. The van der Waals surface area contributed by atoms with Crippen LogP contribution in [0.15, 0.2) is 34.1 Å². The monoisotopic (exact) mass is 341 g/mol. The predicted molar refractivity (Wildman–Crippen MR) is 79.0 cm³/mol. The Morgan fingerprint density at radius 2 is 2.21 bits per heavy atom. The molecule has 5 heteroatoms. The minimum atomic E-state index is -0.438. The Morgan fingerprint density at radius 1 is 1.47 bits per heavy atom. The Balaban J connectivity index is 2.17. The Bertz CT molecular complexity index is 611. The summed E-state index contributed by atoms with van der Waals surface area (Å²) in [5, 5.41) is 1.96. The number of carbonyl (C=O) groups is 1. The van der Waals surface area contributed by atoms with Crippen molar-refractivity contribution in [1.29, 1.82) is 0 Å². The summed E-state index contributed by atoms with van der Waals surface area (Å²) in [7, 11) is 1.68. The fourth-order valence-corrected chi connectivity index (χ4v) is 3.26. The van der Waals surface area contributed by atoms with Gasteiger partial charge in [-0.3, -0.25) is 4.79 Å². The molecular weight excluding hydrogens is 329 g/mol. The number of rotatable bonds is 3. The summed E-state index contributed by atoms with van der Waals surface area (Å²) in [4.78, 5) is 14.8. The molecule has 2 aromatic rings. The molecule has 1 aromatic heterocycles. The van der Waals surface area contributed by atoms with Crippen LogP contribution < -0.4 is 0 Å². The van der Waals surface area contributed by atoms with Gasteiger partial charge in [0.2, 0.25) is 0 Å². The second kappa shape index (κ2) is 5.84. The number of hydrogen-bond donors (Lipinski definition) is 0. The molecule has 0 spiro atoms. The first-order chi connectivity index (χ1) is 8.99. The maximum absolute atomic E-state index is 13.9. The van der Waals surface area contributed by atoms with E-state index in [9.17, 15) is 9.18 Å². The summed E-state index contributed by atoms with van der Waals surface area (Å²) in [5.41, 5.74) is 0.608. The molecule has 19 heavy (non-hydrogen) atoms. The van der Waals surface area contributed by atoms with E-state index in [4.69, 9.17) is 0 Å². The van der Waals surface area contributed by atoms with Crippen molar-refractivity contribution in [2.45, 2.75) is 13.5 Å². The standard InChI is InChI=1S/C14H13BrFNOS/c1-9-4-3-5-12(13(9)16)14(18)17(2)7-11-6-10(15)8-19-11/h3-6,8H,7H2,1-2H3. The molecule has 0 fully saturated rings. The van der Waals surface area contributed by atoms with Crippen LogP contribution in [0.5, 0.6) is 0 Å². The van der Waals surface area contributed by atoms with E-state index in [-0.39, 0.29) is 11.5 Å². The molecular formula is C14H13BrFNOS. The van der Waals surface area contributed by atoms with Crippen LogP contribution in [-0.4, -0.2) is 17.9 Å². The van der Waals surface area contributed by atoms with Crippen molar-refractivity contribution < 1.29 is 9.18 Å². The van der Waals surface area contributed by atoms with Crippen LogP contribution in [0.1, 0.15) is 20.8 Å². The first-order valence-corrected chi connectivity index (χ1v) is 7.40. The Hall–Kier alpha value is -1.20. The summed E-state index contributed by atoms with van der Waals surface area (Å²) in [6.45, 7) is 2.13. The van der Waals surface area contributed by atoms with E-state index in [0.717, 1.165) is 9.35 Å². The summed E-state index contributed by atoms with van der Waals surface area (Å²) in [6, 6.07) is 6.83. The molecule has 0 saturated carbocycles. The quantitative estimate of drug-likeness (QED) is 0.817. The van der Waals surface area contributed by atoms with Crippen LogP contribution >= 0.6 is 27.3 Å². The first-order valence-electron chi connectivity index (χ1n) is 5.72. The zero-order valence-electron chi connectivity index (χ0n) is 10.6. The van der Waals surface area contributed by atoms with Crippen LogP contribution in [0.25, 0.3) is 0 Å². The number of carbonyl (C=O) groups excluding carboxylic acids is 1. The SMILES string of the molecule is Cc1cccc(C(=O)N(C)Cc2cc(Br)cs2)c1F. The van der Waals surface area contributed by atoms with Crippen molar-refractivity contribution in [2.24, 2.45) is 0 Å². The van der Waals surface area contributed by atoms with Gasteiger partial charge in [-0.2, -0.15) is 0 Å². The maximum Gasteiger partial charge on any atom is 0.256 e. The lowest BCUT2D eigenvalue weighted by molar-refractivity contribution is 0.0781. The fraction of sp³-hybridized carbons (Fsp3) is 0.214. The van der Waals surface area contributed by atoms with Gasteiger partial charge in [0.1, 0.15) is 5.82 Å². The van der Waals surface area contributed by atoms with Crippen molar-refractivity contribution in [3.63, 3.8) is 0 Å². The largest absolute Gasteiger partial charge is 0.336 e. The lowest BCUT2D eigenvalue weighted by Gasteiger charge is -2.17. The second-order valence-electron chi connectivity index (χ2n) is 4.33. The van der Waals surface area contributed by atoms with Crippen LogP contribution in [0.3, 0.4) is 0 Å². The third-order valence-corrected chi connectivity index (χ3v) is 4.47. The Labute approximate surface area is 124 Å². The highest BCUT2D eigenvalue weighted by atomic mass is 79.9. The van der Waals surface area contributed by atoms with Crippen LogP contribution in [0.4, 0.5) is 4.39 Å². The van der Waals surface area contributed by atoms with Crippen molar-refractivity contribution in [3.05, 3.63) is 55.9 Å². The van der Waals surface area contributed by atoms with Crippen LogP contribution in [0, 0.1) is 12.7 Å². The molecule has 0 bridgehead atoms. The lowest BCUT2D eigenvalue weighted by atomic mass is 10.1. The number of nitrogens with zero attached hydrogens (tertiary/aromatic N) is 1. The minimum Gasteiger partial charge on any atom is -0.336 e. The molecule has 2 rings (SSSR count). The number of hydrogen-bond acceptors (Lipinski definition) is 2. The summed E-state index contributed by atoms with van der Waals surface area (Å²) < 4.78 is 14.9. The molecule has 0 N–H and O–H groups in total. The number of thiophene rings is 1. The number of aryl methyl sites for hydroxylation is 1. The number of amides is 1. The van der Waals surface area contributed by atoms with E-state index < -0.39 is 5.82 Å². The third-order valence-electron chi connectivity index (χ3n) is 2.78. The fourth-order valence-electron chi connectivity index (χ4n) is 1.76. The molecule has 0 aliphatic rings. The molecule has 1 aromatic carbocycles. The molecule has 0 atom stereocenters. The van der Waals surface area contributed by atoms with E-state index in [1.807, 2.05) is 11.4 Å². The van der Waals surface area contributed by atoms with Gasteiger partial charge in [0, 0.05) is 21.8 Å². The van der Waals surface area contributed by atoms with Gasteiger partial charge in [0.05, 0.1) is 12.1 Å². The summed E-state index contributed by atoms with van der Waals surface area (Å²) in [6.07, 6.45) is 0. The van der Waals surface area contributed by atoms with Gasteiger partial charge in [0.25, 0.3) is 5.91 Å². The average molecular weight is 342 g/mol. The summed E-state index contributed by atoms with van der Waals surface area (Å²) in [5.74, 6) is -0.738. The Kier molecular flexibility index (Phi) is 4.37. The smallest absolute Gasteiger partial charge is 0.256 e. The van der Waals surface area contributed by atoms with Gasteiger partial charge < -0.3 is 4.90 Å². The highest BCUT2D eigenvalue weighted by Crippen LogP contribution is 2.22. The van der Waals surface area contributed by atoms with E-state index in [1.54, 1.807) is 37.4 Å². The van der Waals surface area contributed by atoms with Crippen LogP contribution in [-0.2, 0) is 6.54 Å². The topological polar surface area (TPSA) is 20.3 Å². The molecule has 0 aliphatic carbocycles.